The lowest BCUT2D eigenvalue weighted by Gasteiger charge is -2.33. The molecule has 1 atom stereocenters. The fraction of sp³-hybridized carbons (Fsp3) is 0.588. The third kappa shape index (κ3) is 4.67. The van der Waals surface area contributed by atoms with Gasteiger partial charge in [0.05, 0.1) is 24.7 Å². The van der Waals surface area contributed by atoms with Crippen LogP contribution in [0.25, 0.3) is 0 Å². The second-order valence-corrected chi connectivity index (χ2v) is 7.16. The molecular formula is C17H25NO5. The van der Waals surface area contributed by atoms with Gasteiger partial charge in [0.15, 0.2) is 0 Å². The molecule has 1 heterocycles. The molecule has 0 aliphatic carbocycles. The summed E-state index contributed by atoms with van der Waals surface area (Å²) in [4.78, 5) is 16.6. The highest BCUT2D eigenvalue weighted by atomic mass is 16.7. The lowest BCUT2D eigenvalue weighted by molar-refractivity contribution is -0.180. The lowest BCUT2D eigenvalue weighted by Crippen LogP contribution is -2.35. The van der Waals surface area contributed by atoms with Gasteiger partial charge in [-0.3, -0.25) is 0 Å². The van der Waals surface area contributed by atoms with E-state index in [0.29, 0.717) is 12.2 Å². The highest BCUT2D eigenvalue weighted by molar-refractivity contribution is 5.75. The van der Waals surface area contributed by atoms with Crippen LogP contribution >= 0.6 is 0 Å². The minimum Gasteiger partial charge on any atom is -0.463 e. The number of hydrogen-bond donors (Lipinski definition) is 2. The molecule has 0 saturated heterocycles. The van der Waals surface area contributed by atoms with E-state index in [1.165, 1.54) is 0 Å². The standard InChI is InChI=1S/C17H25NO5/c1-16(2,3)15(20)23-18-9-13(19)11-6-7-14-12(8-11)10-21-17(4,5)22-14/h6-8,13,18-19H,9-10H2,1-5H3. The maximum atomic E-state index is 11.6. The first-order chi connectivity index (χ1) is 10.6. The molecule has 0 fully saturated rings. The number of aliphatic hydroxyl groups excluding tert-OH is 1. The van der Waals surface area contributed by atoms with Crippen molar-refractivity contribution in [1.29, 1.82) is 0 Å². The third-order valence-corrected chi connectivity index (χ3v) is 3.45. The van der Waals surface area contributed by atoms with Gasteiger partial charge in [-0.15, -0.1) is 0 Å². The first-order valence-corrected chi connectivity index (χ1v) is 7.66. The Kier molecular flexibility index (Phi) is 4.98. The van der Waals surface area contributed by atoms with E-state index in [1.807, 2.05) is 26.0 Å². The molecule has 1 aromatic carbocycles. The SMILES string of the molecule is CC1(C)OCc2cc(C(O)CNOC(=O)C(C)(C)C)ccc2O1. The summed E-state index contributed by atoms with van der Waals surface area (Å²) < 4.78 is 11.3. The molecule has 23 heavy (non-hydrogen) atoms. The Morgan fingerprint density at radius 2 is 2.13 bits per heavy atom. The highest BCUT2D eigenvalue weighted by Crippen LogP contribution is 2.32. The van der Waals surface area contributed by atoms with Crippen molar-refractivity contribution >= 4 is 5.97 Å². The van der Waals surface area contributed by atoms with Crippen molar-refractivity contribution in [2.75, 3.05) is 6.54 Å². The molecule has 1 aliphatic heterocycles. The van der Waals surface area contributed by atoms with Gasteiger partial charge in [0.25, 0.3) is 0 Å². The lowest BCUT2D eigenvalue weighted by atomic mass is 9.98. The van der Waals surface area contributed by atoms with Crippen LogP contribution < -0.4 is 10.2 Å². The zero-order valence-electron chi connectivity index (χ0n) is 14.3. The van der Waals surface area contributed by atoms with Gasteiger partial charge in [-0.1, -0.05) is 6.07 Å². The zero-order chi connectivity index (χ0) is 17.3. The largest absolute Gasteiger partial charge is 0.463 e. The van der Waals surface area contributed by atoms with Crippen LogP contribution in [-0.4, -0.2) is 23.4 Å². The van der Waals surface area contributed by atoms with Gasteiger partial charge >= 0.3 is 5.97 Å². The zero-order valence-corrected chi connectivity index (χ0v) is 14.3. The fourth-order valence-electron chi connectivity index (χ4n) is 2.02. The van der Waals surface area contributed by atoms with E-state index in [0.717, 1.165) is 11.3 Å². The molecule has 0 saturated carbocycles. The van der Waals surface area contributed by atoms with Gasteiger partial charge in [-0.2, -0.15) is 5.48 Å². The van der Waals surface area contributed by atoms with Crippen LogP contribution in [0.15, 0.2) is 18.2 Å². The molecule has 2 rings (SSSR count). The Bertz CT molecular complexity index is 577. The maximum Gasteiger partial charge on any atom is 0.329 e. The first-order valence-electron chi connectivity index (χ1n) is 7.66. The number of benzene rings is 1. The van der Waals surface area contributed by atoms with Crippen LogP contribution in [0.3, 0.4) is 0 Å². The van der Waals surface area contributed by atoms with Crippen molar-refractivity contribution in [2.45, 2.75) is 53.1 Å². The van der Waals surface area contributed by atoms with Crippen LogP contribution in [0.2, 0.25) is 0 Å². The van der Waals surface area contributed by atoms with Gasteiger partial charge in [0, 0.05) is 19.4 Å². The summed E-state index contributed by atoms with van der Waals surface area (Å²) in [5.41, 5.74) is 3.51. The number of fused-ring (bicyclic) bond motifs is 1. The average molecular weight is 323 g/mol. The highest BCUT2D eigenvalue weighted by Gasteiger charge is 2.28. The van der Waals surface area contributed by atoms with E-state index in [2.05, 4.69) is 5.48 Å². The van der Waals surface area contributed by atoms with Crippen molar-refractivity contribution in [3.63, 3.8) is 0 Å². The van der Waals surface area contributed by atoms with Crippen LogP contribution in [0.4, 0.5) is 0 Å². The number of hydroxylamine groups is 1. The summed E-state index contributed by atoms with van der Waals surface area (Å²) in [6, 6.07) is 5.44. The molecule has 2 N–H and O–H groups in total. The fourth-order valence-corrected chi connectivity index (χ4v) is 2.02. The molecule has 0 aromatic heterocycles. The minimum absolute atomic E-state index is 0.105. The van der Waals surface area contributed by atoms with Crippen LogP contribution in [-0.2, 0) is 21.0 Å². The number of aliphatic hydroxyl groups is 1. The van der Waals surface area contributed by atoms with E-state index in [1.54, 1.807) is 26.8 Å². The molecule has 0 radical (unpaired) electrons. The number of carbonyl (C=O) groups excluding carboxylic acids is 1. The van der Waals surface area contributed by atoms with Crippen LogP contribution in [0, 0.1) is 5.41 Å². The van der Waals surface area contributed by atoms with Gasteiger partial charge in [0.1, 0.15) is 5.75 Å². The molecule has 0 amide bonds. The molecule has 1 unspecified atom stereocenters. The quantitative estimate of drug-likeness (QED) is 0.829. The predicted octanol–water partition coefficient (Wildman–Crippen LogP) is 2.46. The summed E-state index contributed by atoms with van der Waals surface area (Å²) in [7, 11) is 0. The summed E-state index contributed by atoms with van der Waals surface area (Å²) >= 11 is 0. The van der Waals surface area contributed by atoms with E-state index in [9.17, 15) is 9.90 Å². The second kappa shape index (κ2) is 6.47. The normalized spacial score (nSPS) is 17.8. The van der Waals surface area contributed by atoms with Crippen molar-refractivity contribution in [1.82, 2.24) is 5.48 Å². The van der Waals surface area contributed by atoms with E-state index >= 15 is 0 Å². The molecule has 1 aliphatic rings. The topological polar surface area (TPSA) is 77.0 Å². The summed E-state index contributed by atoms with van der Waals surface area (Å²) in [6.07, 6.45) is -0.803. The predicted molar refractivity (Wildman–Crippen MR) is 84.4 cm³/mol. The molecule has 0 spiro atoms. The van der Waals surface area contributed by atoms with Crippen LogP contribution in [0.5, 0.6) is 5.75 Å². The Balaban J connectivity index is 1.94. The Morgan fingerprint density at radius 3 is 2.78 bits per heavy atom. The van der Waals surface area contributed by atoms with Crippen molar-refractivity contribution in [3.05, 3.63) is 29.3 Å². The molecule has 6 heteroatoms. The smallest absolute Gasteiger partial charge is 0.329 e. The van der Waals surface area contributed by atoms with Gasteiger partial charge < -0.3 is 19.4 Å². The second-order valence-electron chi connectivity index (χ2n) is 7.16. The van der Waals surface area contributed by atoms with E-state index < -0.39 is 17.3 Å². The summed E-state index contributed by atoms with van der Waals surface area (Å²) in [6.45, 7) is 9.52. The summed E-state index contributed by atoms with van der Waals surface area (Å²) in [5.74, 6) is -0.265. The number of ether oxygens (including phenoxy) is 2. The maximum absolute atomic E-state index is 11.6. The minimum atomic E-state index is -0.803. The monoisotopic (exact) mass is 323 g/mol. The third-order valence-electron chi connectivity index (χ3n) is 3.45. The molecule has 1 aromatic rings. The van der Waals surface area contributed by atoms with Crippen LogP contribution in [0.1, 0.15) is 51.8 Å². The number of carbonyl (C=O) groups is 1. The van der Waals surface area contributed by atoms with Crippen molar-refractivity contribution < 1.29 is 24.2 Å². The Hall–Kier alpha value is -1.63. The van der Waals surface area contributed by atoms with E-state index in [4.69, 9.17) is 14.3 Å². The number of nitrogens with one attached hydrogen (secondary N) is 1. The molecule has 6 nitrogen and oxygen atoms in total. The van der Waals surface area contributed by atoms with Gasteiger partial charge in [-0.05, 0) is 38.5 Å². The summed E-state index contributed by atoms with van der Waals surface area (Å²) in [5, 5.41) is 10.2. The number of rotatable bonds is 4. The first kappa shape index (κ1) is 17.7. The van der Waals surface area contributed by atoms with Gasteiger partial charge in [-0.25, -0.2) is 4.79 Å². The Morgan fingerprint density at radius 1 is 1.43 bits per heavy atom. The molecular weight excluding hydrogens is 298 g/mol. The van der Waals surface area contributed by atoms with Crippen molar-refractivity contribution in [2.24, 2.45) is 5.41 Å². The van der Waals surface area contributed by atoms with E-state index in [-0.39, 0.29) is 12.5 Å². The molecule has 128 valence electrons. The number of hydrogen-bond acceptors (Lipinski definition) is 6. The average Bonchev–Trinajstić information content (AvgIpc) is 2.44. The van der Waals surface area contributed by atoms with Crippen molar-refractivity contribution in [3.8, 4) is 5.75 Å². The Labute approximate surface area is 136 Å². The molecule has 0 bridgehead atoms. The van der Waals surface area contributed by atoms with Gasteiger partial charge in [0.2, 0.25) is 5.79 Å².